The second-order valence-electron chi connectivity index (χ2n) is 5.07. The Morgan fingerprint density at radius 1 is 1.38 bits per heavy atom. The number of nitrogens with one attached hydrogen (secondary N) is 1. The number of rotatable bonds is 6. The van der Waals surface area contributed by atoms with Crippen molar-refractivity contribution >= 4 is 11.8 Å². The maximum atomic E-state index is 3.68. The van der Waals surface area contributed by atoms with E-state index in [0.717, 1.165) is 12.1 Å². The molecule has 1 aliphatic rings. The third kappa shape index (κ3) is 5.55. The summed E-state index contributed by atoms with van der Waals surface area (Å²) in [5, 5.41) is 3.68. The van der Waals surface area contributed by atoms with E-state index in [4.69, 9.17) is 0 Å². The van der Waals surface area contributed by atoms with Crippen LogP contribution in [0.2, 0.25) is 0 Å². The zero-order chi connectivity index (χ0) is 11.8. The lowest BCUT2D eigenvalue weighted by Crippen LogP contribution is -2.42. The van der Waals surface area contributed by atoms with Gasteiger partial charge in [0.2, 0.25) is 0 Å². The van der Waals surface area contributed by atoms with E-state index in [1.165, 1.54) is 50.9 Å². The Bertz CT molecular complexity index is 167. The predicted octanol–water partition coefficient (Wildman–Crippen LogP) is 2.59. The molecule has 0 aliphatic carbocycles. The minimum atomic E-state index is 0.720. The topological polar surface area (TPSA) is 15.3 Å². The number of hydrogen-bond donors (Lipinski definition) is 1. The second kappa shape index (κ2) is 8.37. The van der Waals surface area contributed by atoms with Gasteiger partial charge in [-0.15, -0.1) is 0 Å². The maximum absolute atomic E-state index is 3.68. The molecule has 16 heavy (non-hydrogen) atoms. The van der Waals surface area contributed by atoms with Crippen LogP contribution < -0.4 is 5.32 Å². The molecule has 2 unspecified atom stereocenters. The average Bonchev–Trinajstić information content (AvgIpc) is 2.54. The zero-order valence-corrected chi connectivity index (χ0v) is 12.0. The summed E-state index contributed by atoms with van der Waals surface area (Å²) in [5.74, 6) is 1.28. The van der Waals surface area contributed by atoms with Crippen LogP contribution in [0.1, 0.15) is 39.0 Å². The molecule has 1 saturated heterocycles. The van der Waals surface area contributed by atoms with Crippen molar-refractivity contribution in [3.05, 3.63) is 0 Å². The quantitative estimate of drug-likeness (QED) is 0.773. The largest absolute Gasteiger partial charge is 0.313 e. The van der Waals surface area contributed by atoms with E-state index in [0.29, 0.717) is 0 Å². The Morgan fingerprint density at radius 3 is 2.94 bits per heavy atom. The van der Waals surface area contributed by atoms with Crippen molar-refractivity contribution in [2.75, 3.05) is 32.1 Å². The van der Waals surface area contributed by atoms with Crippen molar-refractivity contribution in [2.24, 2.45) is 0 Å². The van der Waals surface area contributed by atoms with Gasteiger partial charge in [-0.3, -0.25) is 0 Å². The van der Waals surface area contributed by atoms with E-state index in [1.807, 2.05) is 11.8 Å². The lowest BCUT2D eigenvalue weighted by molar-refractivity contribution is 0.222. The molecule has 0 aromatic heterocycles. The zero-order valence-electron chi connectivity index (χ0n) is 11.2. The summed E-state index contributed by atoms with van der Waals surface area (Å²) in [4.78, 5) is 2.53. The van der Waals surface area contributed by atoms with Gasteiger partial charge in [0.25, 0.3) is 0 Å². The third-order valence-electron chi connectivity index (χ3n) is 3.66. The molecule has 0 amide bonds. The summed E-state index contributed by atoms with van der Waals surface area (Å²) in [6, 6.07) is 1.45. The van der Waals surface area contributed by atoms with Crippen LogP contribution in [0.5, 0.6) is 0 Å². The fourth-order valence-electron chi connectivity index (χ4n) is 2.29. The Hall–Kier alpha value is 0.270. The minimum absolute atomic E-state index is 0.720. The van der Waals surface area contributed by atoms with Gasteiger partial charge in [0, 0.05) is 18.6 Å². The van der Waals surface area contributed by atoms with Crippen LogP contribution in [-0.2, 0) is 0 Å². The van der Waals surface area contributed by atoms with Crippen LogP contribution in [0.15, 0.2) is 0 Å². The van der Waals surface area contributed by atoms with E-state index in [2.05, 4.69) is 30.4 Å². The van der Waals surface area contributed by atoms with Gasteiger partial charge < -0.3 is 10.2 Å². The van der Waals surface area contributed by atoms with Gasteiger partial charge in [0.15, 0.2) is 0 Å². The van der Waals surface area contributed by atoms with Crippen LogP contribution in [0.25, 0.3) is 0 Å². The number of nitrogens with zero attached hydrogens (tertiary/aromatic N) is 1. The lowest BCUT2D eigenvalue weighted by Gasteiger charge is -2.29. The standard InChI is InChI=1S/C13H28N2S/c1-12(8-10-16-3)15(2)11-13-7-5-4-6-9-14-13/h12-14H,4-11H2,1-3H3. The van der Waals surface area contributed by atoms with Crippen LogP contribution in [0.3, 0.4) is 0 Å². The van der Waals surface area contributed by atoms with Gasteiger partial charge >= 0.3 is 0 Å². The summed E-state index contributed by atoms with van der Waals surface area (Å²) >= 11 is 1.95. The van der Waals surface area contributed by atoms with E-state index >= 15 is 0 Å². The molecule has 0 radical (unpaired) electrons. The molecule has 0 aromatic rings. The number of likely N-dealkylation sites (N-methyl/N-ethyl adjacent to an activating group) is 1. The van der Waals surface area contributed by atoms with E-state index in [1.54, 1.807) is 0 Å². The Balaban J connectivity index is 2.22. The van der Waals surface area contributed by atoms with Gasteiger partial charge in [0.05, 0.1) is 0 Å². The summed E-state index contributed by atoms with van der Waals surface area (Å²) in [5.41, 5.74) is 0. The first-order valence-corrected chi connectivity index (χ1v) is 8.06. The highest BCUT2D eigenvalue weighted by atomic mass is 32.2. The molecule has 1 fully saturated rings. The molecule has 0 spiro atoms. The highest BCUT2D eigenvalue weighted by molar-refractivity contribution is 7.98. The molecule has 1 rings (SSSR count). The van der Waals surface area contributed by atoms with Crippen molar-refractivity contribution in [3.8, 4) is 0 Å². The molecule has 1 heterocycles. The first kappa shape index (κ1) is 14.3. The molecule has 1 aliphatic heterocycles. The van der Waals surface area contributed by atoms with Crippen LogP contribution >= 0.6 is 11.8 Å². The highest BCUT2D eigenvalue weighted by Crippen LogP contribution is 2.12. The van der Waals surface area contributed by atoms with Crippen LogP contribution in [-0.4, -0.2) is 49.1 Å². The molecule has 0 saturated carbocycles. The molecule has 3 heteroatoms. The fourth-order valence-corrected chi connectivity index (χ4v) is 2.87. The van der Waals surface area contributed by atoms with Crippen molar-refractivity contribution in [1.82, 2.24) is 10.2 Å². The van der Waals surface area contributed by atoms with Gasteiger partial charge in [-0.05, 0) is 51.8 Å². The van der Waals surface area contributed by atoms with Gasteiger partial charge in [-0.25, -0.2) is 0 Å². The van der Waals surface area contributed by atoms with E-state index < -0.39 is 0 Å². The van der Waals surface area contributed by atoms with Crippen molar-refractivity contribution in [3.63, 3.8) is 0 Å². The predicted molar refractivity (Wildman–Crippen MR) is 75.3 cm³/mol. The van der Waals surface area contributed by atoms with Crippen molar-refractivity contribution in [2.45, 2.75) is 51.1 Å². The molecular formula is C13H28N2S. The molecule has 1 N–H and O–H groups in total. The molecule has 0 bridgehead atoms. The SMILES string of the molecule is CSCCC(C)N(C)CC1CCCCCN1. The number of thioether (sulfide) groups is 1. The summed E-state index contributed by atoms with van der Waals surface area (Å²) in [6.07, 6.45) is 9.05. The van der Waals surface area contributed by atoms with Crippen molar-refractivity contribution in [1.29, 1.82) is 0 Å². The summed E-state index contributed by atoms with van der Waals surface area (Å²) < 4.78 is 0. The molecular weight excluding hydrogens is 216 g/mol. The first-order chi connectivity index (χ1) is 7.74. The maximum Gasteiger partial charge on any atom is 0.0195 e. The fraction of sp³-hybridized carbons (Fsp3) is 1.00. The Morgan fingerprint density at radius 2 is 2.19 bits per heavy atom. The van der Waals surface area contributed by atoms with E-state index in [9.17, 15) is 0 Å². The second-order valence-corrected chi connectivity index (χ2v) is 6.06. The normalized spacial score (nSPS) is 24.4. The first-order valence-electron chi connectivity index (χ1n) is 6.66. The summed E-state index contributed by atoms with van der Waals surface area (Å²) in [6.45, 7) is 4.79. The third-order valence-corrected chi connectivity index (χ3v) is 4.31. The summed E-state index contributed by atoms with van der Waals surface area (Å²) in [7, 11) is 2.28. The highest BCUT2D eigenvalue weighted by Gasteiger charge is 2.16. The monoisotopic (exact) mass is 244 g/mol. The Kier molecular flexibility index (Phi) is 7.50. The molecule has 2 nitrogen and oxygen atoms in total. The minimum Gasteiger partial charge on any atom is -0.313 e. The Labute approximate surface area is 106 Å². The van der Waals surface area contributed by atoms with Gasteiger partial charge in [-0.2, -0.15) is 11.8 Å². The van der Waals surface area contributed by atoms with Crippen molar-refractivity contribution < 1.29 is 0 Å². The van der Waals surface area contributed by atoms with Gasteiger partial charge in [0.1, 0.15) is 0 Å². The average molecular weight is 244 g/mol. The smallest absolute Gasteiger partial charge is 0.0195 e. The van der Waals surface area contributed by atoms with Crippen LogP contribution in [0.4, 0.5) is 0 Å². The number of hydrogen-bond acceptors (Lipinski definition) is 3. The molecule has 2 atom stereocenters. The van der Waals surface area contributed by atoms with Crippen LogP contribution in [0, 0.1) is 0 Å². The molecule has 0 aromatic carbocycles. The van der Waals surface area contributed by atoms with E-state index in [-0.39, 0.29) is 0 Å². The molecule has 96 valence electrons. The lowest BCUT2D eigenvalue weighted by atomic mass is 10.1. The van der Waals surface area contributed by atoms with Gasteiger partial charge in [-0.1, -0.05) is 12.8 Å².